The number of hydrogen-bond donors (Lipinski definition) is 3. The third-order valence-electron chi connectivity index (χ3n) is 5.08. The minimum Gasteiger partial charge on any atom is -0.504 e. The molecular weight excluding hydrogens is 479 g/mol. The predicted molar refractivity (Wildman–Crippen MR) is 126 cm³/mol. The minimum absolute atomic E-state index is 0.141. The molecule has 3 N–H and O–H groups in total. The van der Waals surface area contributed by atoms with E-state index in [1.54, 1.807) is 12.1 Å². The molecule has 0 radical (unpaired) electrons. The van der Waals surface area contributed by atoms with Crippen molar-refractivity contribution in [2.75, 3.05) is 7.11 Å². The monoisotopic (exact) mass is 508 g/mol. The second-order valence-corrected chi connectivity index (χ2v) is 8.15. The summed E-state index contributed by atoms with van der Waals surface area (Å²) in [5.74, 6) is 0.143. The fourth-order valence-corrected chi connectivity index (χ4v) is 3.94. The normalized spacial score (nSPS) is 14.9. The van der Waals surface area contributed by atoms with Crippen molar-refractivity contribution in [3.8, 4) is 11.5 Å². The molecular formula is C24H29IO4. The van der Waals surface area contributed by atoms with Gasteiger partial charge in [0.25, 0.3) is 0 Å². The van der Waals surface area contributed by atoms with Crippen LogP contribution in [-0.2, 0) is 0 Å². The van der Waals surface area contributed by atoms with Crippen LogP contribution in [0.15, 0.2) is 60.7 Å². The Morgan fingerprint density at radius 2 is 1.90 bits per heavy atom. The Hall–Kier alpha value is -1.83. The number of ether oxygens (including phenoxy) is 1. The number of rotatable bonds is 10. The standard InChI is InChI=1S/C24H29IO4/c1-4-16(13-17-14-20(25)24(28)22(15-17)29-3)11-12-21(26)19(5-2)23(27)18-9-7-6-8-10-18/h5-10,13-15,19,21,23,26-28H,2,4,11-12H2,1,3H3/b16-13+/t19-,21-,23-/m1/s1. The lowest BCUT2D eigenvalue weighted by molar-refractivity contribution is 0.0318. The van der Waals surface area contributed by atoms with Crippen LogP contribution >= 0.6 is 22.6 Å². The molecule has 2 aromatic rings. The van der Waals surface area contributed by atoms with Gasteiger partial charge in [-0.1, -0.05) is 55.0 Å². The summed E-state index contributed by atoms with van der Waals surface area (Å²) < 4.78 is 5.95. The number of aliphatic hydroxyl groups excluding tert-OH is 2. The van der Waals surface area contributed by atoms with Crippen molar-refractivity contribution < 1.29 is 20.1 Å². The fraction of sp³-hybridized carbons (Fsp3) is 0.333. The fourth-order valence-electron chi connectivity index (χ4n) is 3.31. The topological polar surface area (TPSA) is 69.9 Å². The van der Waals surface area contributed by atoms with Gasteiger partial charge in [0.15, 0.2) is 11.5 Å². The maximum absolute atomic E-state index is 10.7. The van der Waals surface area contributed by atoms with Gasteiger partial charge in [-0.2, -0.15) is 0 Å². The van der Waals surface area contributed by atoms with Gasteiger partial charge in [0.05, 0.1) is 22.9 Å². The van der Waals surface area contributed by atoms with E-state index in [1.807, 2.05) is 36.4 Å². The first kappa shape index (κ1) is 23.4. The van der Waals surface area contributed by atoms with Crippen molar-refractivity contribution in [1.82, 2.24) is 0 Å². The van der Waals surface area contributed by atoms with Crippen molar-refractivity contribution in [2.45, 2.75) is 38.4 Å². The molecule has 0 aliphatic heterocycles. The summed E-state index contributed by atoms with van der Waals surface area (Å²) in [4.78, 5) is 0. The van der Waals surface area contributed by atoms with Crippen LogP contribution in [0.3, 0.4) is 0 Å². The van der Waals surface area contributed by atoms with Gasteiger partial charge in [-0.3, -0.25) is 0 Å². The number of methoxy groups -OCH3 is 1. The number of benzene rings is 2. The third kappa shape index (κ3) is 6.32. The molecule has 0 fully saturated rings. The maximum atomic E-state index is 10.7. The SMILES string of the molecule is C=C[C@H]([C@H](O)CC/C(=C/c1cc(I)c(O)c(OC)c1)CC)[C@H](O)c1ccccc1. The van der Waals surface area contributed by atoms with Gasteiger partial charge < -0.3 is 20.1 Å². The summed E-state index contributed by atoms with van der Waals surface area (Å²) in [6, 6.07) is 13.0. The molecule has 0 saturated heterocycles. The van der Waals surface area contributed by atoms with Crippen LogP contribution in [0.5, 0.6) is 11.5 Å². The third-order valence-corrected chi connectivity index (χ3v) is 5.90. The smallest absolute Gasteiger partial charge is 0.171 e. The highest BCUT2D eigenvalue weighted by atomic mass is 127. The van der Waals surface area contributed by atoms with Gasteiger partial charge in [0.1, 0.15) is 0 Å². The number of aliphatic hydroxyl groups is 2. The number of phenols is 1. The summed E-state index contributed by atoms with van der Waals surface area (Å²) in [5, 5.41) is 31.3. The Morgan fingerprint density at radius 1 is 1.21 bits per heavy atom. The van der Waals surface area contributed by atoms with E-state index in [0.29, 0.717) is 18.6 Å². The number of aromatic hydroxyl groups is 1. The molecule has 0 amide bonds. The summed E-state index contributed by atoms with van der Waals surface area (Å²) in [6.45, 7) is 5.88. The molecule has 0 spiro atoms. The first-order valence-electron chi connectivity index (χ1n) is 9.70. The number of halogens is 1. The second kappa shape index (κ2) is 11.4. The number of allylic oxidation sites excluding steroid dienone is 1. The molecule has 0 bridgehead atoms. The van der Waals surface area contributed by atoms with E-state index in [0.717, 1.165) is 21.1 Å². The molecule has 2 aromatic carbocycles. The quantitative estimate of drug-likeness (QED) is 0.294. The van der Waals surface area contributed by atoms with Crippen molar-refractivity contribution in [1.29, 1.82) is 0 Å². The molecule has 4 nitrogen and oxygen atoms in total. The highest BCUT2D eigenvalue weighted by Gasteiger charge is 2.25. The predicted octanol–water partition coefficient (Wildman–Crippen LogP) is 5.48. The lowest BCUT2D eigenvalue weighted by Crippen LogP contribution is -2.25. The Balaban J connectivity index is 2.10. The molecule has 156 valence electrons. The summed E-state index contributed by atoms with van der Waals surface area (Å²) in [7, 11) is 1.53. The van der Waals surface area contributed by atoms with Gasteiger partial charge in [0.2, 0.25) is 0 Å². The first-order chi connectivity index (χ1) is 13.9. The van der Waals surface area contributed by atoms with Gasteiger partial charge in [0, 0.05) is 5.92 Å². The van der Waals surface area contributed by atoms with Gasteiger partial charge in [-0.25, -0.2) is 0 Å². The van der Waals surface area contributed by atoms with E-state index in [1.165, 1.54) is 12.7 Å². The van der Waals surface area contributed by atoms with Crippen LogP contribution in [0.1, 0.15) is 43.4 Å². The summed E-state index contributed by atoms with van der Waals surface area (Å²) in [5.41, 5.74) is 2.89. The Labute approximate surface area is 186 Å². The molecule has 5 heteroatoms. The molecule has 0 aliphatic rings. The van der Waals surface area contributed by atoms with Crippen LogP contribution in [0.4, 0.5) is 0 Å². The van der Waals surface area contributed by atoms with E-state index in [-0.39, 0.29) is 5.75 Å². The maximum Gasteiger partial charge on any atom is 0.171 e. The summed E-state index contributed by atoms with van der Waals surface area (Å²) in [6.07, 6.45) is 4.26. The molecule has 0 saturated carbocycles. The van der Waals surface area contributed by atoms with E-state index >= 15 is 0 Å². The van der Waals surface area contributed by atoms with Crippen LogP contribution in [-0.4, -0.2) is 28.5 Å². The average Bonchev–Trinajstić information content (AvgIpc) is 2.74. The molecule has 29 heavy (non-hydrogen) atoms. The molecule has 0 unspecified atom stereocenters. The molecule has 3 atom stereocenters. The number of phenolic OH excluding ortho intramolecular Hbond substituents is 1. The Bertz CT molecular complexity index is 832. The van der Waals surface area contributed by atoms with Crippen LogP contribution in [0, 0.1) is 9.49 Å². The van der Waals surface area contributed by atoms with Crippen LogP contribution < -0.4 is 4.74 Å². The zero-order valence-electron chi connectivity index (χ0n) is 16.9. The molecule has 0 aliphatic carbocycles. The molecule has 0 aromatic heterocycles. The molecule has 0 heterocycles. The largest absolute Gasteiger partial charge is 0.504 e. The van der Waals surface area contributed by atoms with Crippen LogP contribution in [0.2, 0.25) is 0 Å². The van der Waals surface area contributed by atoms with E-state index in [4.69, 9.17) is 4.74 Å². The van der Waals surface area contributed by atoms with Crippen molar-refractivity contribution in [3.05, 3.63) is 75.4 Å². The number of hydrogen-bond acceptors (Lipinski definition) is 4. The van der Waals surface area contributed by atoms with E-state index < -0.39 is 18.1 Å². The summed E-state index contributed by atoms with van der Waals surface area (Å²) >= 11 is 2.08. The van der Waals surface area contributed by atoms with Crippen LogP contribution in [0.25, 0.3) is 6.08 Å². The van der Waals surface area contributed by atoms with Crippen molar-refractivity contribution >= 4 is 28.7 Å². The zero-order chi connectivity index (χ0) is 21.4. The Kier molecular flexibility index (Phi) is 9.20. The van der Waals surface area contributed by atoms with Crippen molar-refractivity contribution in [3.63, 3.8) is 0 Å². The van der Waals surface area contributed by atoms with Gasteiger partial charge in [-0.15, -0.1) is 6.58 Å². The van der Waals surface area contributed by atoms with Gasteiger partial charge in [-0.05, 0) is 65.1 Å². The van der Waals surface area contributed by atoms with Crippen molar-refractivity contribution in [2.24, 2.45) is 5.92 Å². The van der Waals surface area contributed by atoms with E-state index in [9.17, 15) is 15.3 Å². The first-order valence-corrected chi connectivity index (χ1v) is 10.8. The zero-order valence-corrected chi connectivity index (χ0v) is 19.0. The minimum atomic E-state index is -0.791. The second-order valence-electron chi connectivity index (χ2n) is 6.98. The van der Waals surface area contributed by atoms with Gasteiger partial charge >= 0.3 is 0 Å². The molecule has 2 rings (SSSR count). The average molecular weight is 508 g/mol. The highest BCUT2D eigenvalue weighted by Crippen LogP contribution is 2.34. The lowest BCUT2D eigenvalue weighted by atomic mass is 9.87. The highest BCUT2D eigenvalue weighted by molar-refractivity contribution is 14.1. The van der Waals surface area contributed by atoms with E-state index in [2.05, 4.69) is 42.2 Å². The lowest BCUT2D eigenvalue weighted by Gasteiger charge is -2.25. The Morgan fingerprint density at radius 3 is 2.48 bits per heavy atom.